The molecule has 2 aliphatic heterocycles. The van der Waals surface area contributed by atoms with E-state index in [0.29, 0.717) is 64.9 Å². The summed E-state index contributed by atoms with van der Waals surface area (Å²) in [5.41, 5.74) is 0.955. The Bertz CT molecular complexity index is 1160. The van der Waals surface area contributed by atoms with Crippen LogP contribution in [0.5, 0.6) is 0 Å². The van der Waals surface area contributed by atoms with Crippen LogP contribution in [0.3, 0.4) is 0 Å². The summed E-state index contributed by atoms with van der Waals surface area (Å²) in [6.07, 6.45) is 3.92. The van der Waals surface area contributed by atoms with E-state index in [2.05, 4.69) is 9.88 Å². The number of benzene rings is 1. The van der Waals surface area contributed by atoms with Crippen LogP contribution in [0.25, 0.3) is 0 Å². The summed E-state index contributed by atoms with van der Waals surface area (Å²) in [5.74, 6) is -0.766. The molecule has 1 aromatic heterocycles. The molecular formula is C24H26Cl2N4O5S. The molecule has 1 fully saturated rings. The number of rotatable bonds is 9. The smallest absolute Gasteiger partial charge is 0.338 e. The highest BCUT2D eigenvalue weighted by Gasteiger charge is 2.35. The molecule has 0 aliphatic carbocycles. The molecule has 4 rings (SSSR count). The monoisotopic (exact) mass is 552 g/mol. The predicted molar refractivity (Wildman–Crippen MR) is 137 cm³/mol. The number of aliphatic imine (C=N–C) groups is 1. The second-order valence-corrected chi connectivity index (χ2v) is 9.99. The standard InChI is InChI=1S/C24H26Cl2N4O5S/c1-2-35-24(33)18-12-30(14-29-8-9-34-13-16(29)4-6-20(31)32)22(23-27-7-10-36-23)28-21(18)17-5-3-15(25)11-19(17)26/h3,5,7,10-12,16,21H,2,4,6,8-9,13-14H2,1H3,(H,31,32). The van der Waals surface area contributed by atoms with Crippen LogP contribution in [0, 0.1) is 0 Å². The van der Waals surface area contributed by atoms with Gasteiger partial charge in [-0.05, 0) is 25.5 Å². The number of nitrogens with zero attached hydrogens (tertiary/aromatic N) is 4. The number of esters is 1. The molecule has 0 spiro atoms. The van der Waals surface area contributed by atoms with Gasteiger partial charge in [-0.25, -0.2) is 9.78 Å². The van der Waals surface area contributed by atoms with Crippen molar-refractivity contribution < 1.29 is 24.2 Å². The van der Waals surface area contributed by atoms with Crippen LogP contribution in [0.1, 0.15) is 36.4 Å². The number of carboxylic acid groups (broad SMARTS) is 1. The fourth-order valence-corrected chi connectivity index (χ4v) is 5.31. The summed E-state index contributed by atoms with van der Waals surface area (Å²) < 4.78 is 11.0. The second-order valence-electron chi connectivity index (χ2n) is 8.25. The number of aromatic nitrogens is 1. The van der Waals surface area contributed by atoms with Gasteiger partial charge in [0.1, 0.15) is 6.04 Å². The minimum absolute atomic E-state index is 0.0407. The molecular weight excluding hydrogens is 527 g/mol. The van der Waals surface area contributed by atoms with Crippen molar-refractivity contribution in [2.75, 3.05) is 33.0 Å². The van der Waals surface area contributed by atoms with Crippen molar-refractivity contribution in [2.24, 2.45) is 4.99 Å². The minimum Gasteiger partial charge on any atom is -0.481 e. The van der Waals surface area contributed by atoms with Crippen molar-refractivity contribution in [3.63, 3.8) is 0 Å². The molecule has 0 bridgehead atoms. The van der Waals surface area contributed by atoms with E-state index in [0.717, 1.165) is 0 Å². The maximum atomic E-state index is 13.1. The highest BCUT2D eigenvalue weighted by molar-refractivity contribution is 7.11. The first-order chi connectivity index (χ1) is 17.4. The number of hydrogen-bond donors (Lipinski definition) is 1. The van der Waals surface area contributed by atoms with Gasteiger partial charge in [0, 0.05) is 52.4 Å². The highest BCUT2D eigenvalue weighted by Crippen LogP contribution is 2.37. The molecule has 9 nitrogen and oxygen atoms in total. The van der Waals surface area contributed by atoms with Crippen molar-refractivity contribution in [2.45, 2.75) is 31.8 Å². The normalized spacial score (nSPS) is 20.6. The third kappa shape index (κ3) is 6.24. The lowest BCUT2D eigenvalue weighted by molar-refractivity contribution is -0.139. The van der Waals surface area contributed by atoms with Gasteiger partial charge in [0.15, 0.2) is 10.8 Å². The van der Waals surface area contributed by atoms with Crippen molar-refractivity contribution in [1.29, 1.82) is 0 Å². The molecule has 1 saturated heterocycles. The predicted octanol–water partition coefficient (Wildman–Crippen LogP) is 4.22. The number of carbonyl (C=O) groups excluding carboxylic acids is 1. The number of aliphatic carboxylic acids is 1. The Kier molecular flexibility index (Phi) is 8.97. The lowest BCUT2D eigenvalue weighted by Gasteiger charge is -2.40. The molecule has 1 N–H and O–H groups in total. The van der Waals surface area contributed by atoms with E-state index in [9.17, 15) is 9.59 Å². The van der Waals surface area contributed by atoms with Crippen molar-refractivity contribution in [3.8, 4) is 0 Å². The Labute approximate surface area is 222 Å². The van der Waals surface area contributed by atoms with Gasteiger partial charge < -0.3 is 19.5 Å². The Morgan fingerprint density at radius 3 is 2.86 bits per heavy atom. The van der Waals surface area contributed by atoms with Gasteiger partial charge >= 0.3 is 11.9 Å². The maximum absolute atomic E-state index is 13.1. The van der Waals surface area contributed by atoms with E-state index in [1.165, 1.54) is 11.3 Å². The summed E-state index contributed by atoms with van der Waals surface area (Å²) in [6.45, 7) is 3.90. The molecule has 0 radical (unpaired) electrons. The third-order valence-corrected chi connectivity index (χ3v) is 7.21. The van der Waals surface area contributed by atoms with E-state index in [4.69, 9.17) is 42.8 Å². The number of amidine groups is 1. The molecule has 3 heterocycles. The van der Waals surface area contributed by atoms with Crippen LogP contribution in [-0.4, -0.2) is 76.7 Å². The molecule has 0 amide bonds. The third-order valence-electron chi connectivity index (χ3n) is 5.88. The van der Waals surface area contributed by atoms with Crippen LogP contribution in [-0.2, 0) is 19.1 Å². The van der Waals surface area contributed by atoms with E-state index >= 15 is 0 Å². The molecule has 2 aromatic rings. The van der Waals surface area contributed by atoms with E-state index in [1.54, 1.807) is 37.5 Å². The molecule has 2 aliphatic rings. The Balaban J connectivity index is 1.73. The maximum Gasteiger partial charge on any atom is 0.338 e. The summed E-state index contributed by atoms with van der Waals surface area (Å²) in [7, 11) is 0. The Morgan fingerprint density at radius 1 is 1.33 bits per heavy atom. The van der Waals surface area contributed by atoms with Gasteiger partial charge in [-0.2, -0.15) is 0 Å². The number of hydrogen-bond acceptors (Lipinski definition) is 9. The molecule has 36 heavy (non-hydrogen) atoms. The highest BCUT2D eigenvalue weighted by atomic mass is 35.5. The lowest BCUT2D eigenvalue weighted by Crippen LogP contribution is -2.51. The minimum atomic E-state index is -0.851. The fraction of sp³-hybridized carbons (Fsp3) is 0.417. The number of thiazole rings is 1. The summed E-state index contributed by atoms with van der Waals surface area (Å²) in [5, 5.41) is 12.6. The SMILES string of the molecule is CCOC(=O)C1=CN(CN2CCOCC2CCC(=O)O)C(c2nccs2)=NC1c1ccc(Cl)cc1Cl. The largest absolute Gasteiger partial charge is 0.481 e. The first-order valence-electron chi connectivity index (χ1n) is 11.5. The van der Waals surface area contributed by atoms with E-state index in [1.807, 2.05) is 10.3 Å². The van der Waals surface area contributed by atoms with Crippen LogP contribution >= 0.6 is 34.5 Å². The zero-order valence-corrected chi connectivity index (χ0v) is 21.9. The average molecular weight is 553 g/mol. The summed E-state index contributed by atoms with van der Waals surface area (Å²) in [6, 6.07) is 4.28. The van der Waals surface area contributed by atoms with Crippen molar-refractivity contribution in [1.82, 2.24) is 14.8 Å². The van der Waals surface area contributed by atoms with E-state index in [-0.39, 0.29) is 19.1 Å². The van der Waals surface area contributed by atoms with Crippen molar-refractivity contribution >= 4 is 52.3 Å². The summed E-state index contributed by atoms with van der Waals surface area (Å²) >= 11 is 14.1. The molecule has 2 atom stereocenters. The fourth-order valence-electron chi connectivity index (χ4n) is 4.15. The van der Waals surface area contributed by atoms with Crippen molar-refractivity contribution in [3.05, 3.63) is 62.2 Å². The van der Waals surface area contributed by atoms with Gasteiger partial charge in [-0.1, -0.05) is 29.3 Å². The number of morpholine rings is 1. The molecule has 12 heteroatoms. The number of carboxylic acids is 1. The average Bonchev–Trinajstić information content (AvgIpc) is 3.38. The first-order valence-corrected chi connectivity index (χ1v) is 13.1. The van der Waals surface area contributed by atoms with Gasteiger partial charge in [0.25, 0.3) is 0 Å². The van der Waals surface area contributed by atoms with Crippen LogP contribution < -0.4 is 0 Å². The topological polar surface area (TPSA) is 105 Å². The zero-order valence-electron chi connectivity index (χ0n) is 19.6. The number of ether oxygens (including phenoxy) is 2. The lowest BCUT2D eigenvalue weighted by atomic mass is 9.98. The number of halogens is 2. The Hall–Kier alpha value is -2.50. The first kappa shape index (κ1) is 26.6. The van der Waals surface area contributed by atoms with Gasteiger partial charge in [0.2, 0.25) is 0 Å². The Morgan fingerprint density at radius 2 is 2.17 bits per heavy atom. The van der Waals surface area contributed by atoms with Gasteiger partial charge in [-0.3, -0.25) is 14.7 Å². The molecule has 192 valence electrons. The summed E-state index contributed by atoms with van der Waals surface area (Å²) in [4.78, 5) is 37.7. The van der Waals surface area contributed by atoms with E-state index < -0.39 is 18.0 Å². The zero-order chi connectivity index (χ0) is 25.7. The van der Waals surface area contributed by atoms with Crippen LogP contribution in [0.15, 0.2) is 46.5 Å². The number of carbonyl (C=O) groups is 2. The quantitative estimate of drug-likeness (QED) is 0.461. The molecule has 2 unspecified atom stereocenters. The molecule has 1 aromatic carbocycles. The van der Waals surface area contributed by atoms with Crippen LogP contribution in [0.4, 0.5) is 0 Å². The van der Waals surface area contributed by atoms with Gasteiger partial charge in [-0.15, -0.1) is 11.3 Å². The van der Waals surface area contributed by atoms with Gasteiger partial charge in [0.05, 0.1) is 32.1 Å². The second kappa shape index (κ2) is 12.2. The van der Waals surface area contributed by atoms with Crippen LogP contribution in [0.2, 0.25) is 10.0 Å². The molecule has 0 saturated carbocycles.